The molecule has 1 atom stereocenters. The number of ether oxygens (including phenoxy) is 2. The molecule has 0 aromatic heterocycles. The van der Waals surface area contributed by atoms with Crippen molar-refractivity contribution in [3.8, 4) is 0 Å². The van der Waals surface area contributed by atoms with Crippen LogP contribution in [0.25, 0.3) is 0 Å². The van der Waals surface area contributed by atoms with Crippen molar-refractivity contribution in [2.45, 2.75) is 32.7 Å². The van der Waals surface area contributed by atoms with E-state index in [4.69, 9.17) is 18.8 Å². The van der Waals surface area contributed by atoms with Gasteiger partial charge in [0.15, 0.2) is 11.5 Å². The van der Waals surface area contributed by atoms with Crippen molar-refractivity contribution in [3.05, 3.63) is 11.5 Å². The number of rotatable bonds is 4. The lowest BCUT2D eigenvalue weighted by molar-refractivity contribution is -0.131. The molecule has 0 bridgehead atoms. The summed E-state index contributed by atoms with van der Waals surface area (Å²) in [5.41, 5.74) is 0. The van der Waals surface area contributed by atoms with E-state index >= 15 is 0 Å². The standard InChI is InChI=1S/C9H16O6S/c1-6(15-16(4,11)12)8-7(5-10)13-9(2,3)14-8/h6,10H,5H2,1-4H3/t6-/m1/s1. The zero-order valence-electron chi connectivity index (χ0n) is 9.68. The van der Waals surface area contributed by atoms with Crippen LogP contribution >= 0.6 is 0 Å². The molecule has 0 aromatic carbocycles. The number of hydrogen-bond acceptors (Lipinski definition) is 6. The van der Waals surface area contributed by atoms with Crippen LogP contribution in [-0.4, -0.2) is 38.3 Å². The first-order valence-electron chi connectivity index (χ1n) is 4.75. The summed E-state index contributed by atoms with van der Waals surface area (Å²) < 4.78 is 37.3. The minimum Gasteiger partial charge on any atom is -0.451 e. The van der Waals surface area contributed by atoms with E-state index in [9.17, 15) is 8.42 Å². The van der Waals surface area contributed by atoms with Gasteiger partial charge in [-0.05, 0) is 6.92 Å². The minimum absolute atomic E-state index is 0.196. The Morgan fingerprint density at radius 2 is 2.00 bits per heavy atom. The molecule has 1 heterocycles. The van der Waals surface area contributed by atoms with Crippen LogP contribution in [0.1, 0.15) is 20.8 Å². The molecule has 1 aliphatic heterocycles. The summed E-state index contributed by atoms with van der Waals surface area (Å²) in [4.78, 5) is 0. The largest absolute Gasteiger partial charge is 0.451 e. The van der Waals surface area contributed by atoms with Crippen LogP contribution in [0.15, 0.2) is 11.5 Å². The first-order chi connectivity index (χ1) is 7.14. The van der Waals surface area contributed by atoms with Crippen molar-refractivity contribution in [1.29, 1.82) is 0 Å². The van der Waals surface area contributed by atoms with E-state index in [2.05, 4.69) is 0 Å². The van der Waals surface area contributed by atoms with Crippen molar-refractivity contribution < 1.29 is 27.2 Å². The van der Waals surface area contributed by atoms with Gasteiger partial charge in [-0.15, -0.1) is 0 Å². The van der Waals surface area contributed by atoms with Crippen molar-refractivity contribution in [3.63, 3.8) is 0 Å². The van der Waals surface area contributed by atoms with Crippen molar-refractivity contribution in [2.75, 3.05) is 12.9 Å². The number of hydrogen-bond donors (Lipinski definition) is 1. The number of aliphatic hydroxyl groups is 1. The zero-order valence-corrected chi connectivity index (χ0v) is 10.5. The highest BCUT2D eigenvalue weighted by Crippen LogP contribution is 2.33. The molecule has 7 heteroatoms. The Bertz CT molecular complexity index is 394. The lowest BCUT2D eigenvalue weighted by Gasteiger charge is -2.20. The summed E-state index contributed by atoms with van der Waals surface area (Å²) in [6.45, 7) is 4.46. The molecule has 0 saturated heterocycles. The fraction of sp³-hybridized carbons (Fsp3) is 0.778. The molecular weight excluding hydrogens is 236 g/mol. The average Bonchev–Trinajstić information content (AvgIpc) is 2.38. The van der Waals surface area contributed by atoms with Crippen LogP contribution in [0.2, 0.25) is 0 Å². The molecule has 0 radical (unpaired) electrons. The Labute approximate surface area is 94.9 Å². The highest BCUT2D eigenvalue weighted by atomic mass is 32.2. The Morgan fingerprint density at radius 3 is 2.44 bits per heavy atom. The van der Waals surface area contributed by atoms with E-state index in [1.165, 1.54) is 6.92 Å². The fourth-order valence-corrected chi connectivity index (χ4v) is 2.03. The Morgan fingerprint density at radius 1 is 1.44 bits per heavy atom. The summed E-state index contributed by atoms with van der Waals surface area (Å²) in [5.74, 6) is -0.512. The highest BCUT2D eigenvalue weighted by molar-refractivity contribution is 7.86. The van der Waals surface area contributed by atoms with Gasteiger partial charge in [-0.3, -0.25) is 4.18 Å². The van der Waals surface area contributed by atoms with E-state index in [0.717, 1.165) is 6.26 Å². The first kappa shape index (κ1) is 13.3. The molecule has 0 aliphatic carbocycles. The molecule has 1 aliphatic rings. The van der Waals surface area contributed by atoms with Gasteiger partial charge in [-0.1, -0.05) is 0 Å². The fourth-order valence-electron chi connectivity index (χ4n) is 1.42. The van der Waals surface area contributed by atoms with E-state index < -0.39 is 22.0 Å². The van der Waals surface area contributed by atoms with Crippen molar-refractivity contribution >= 4 is 10.1 Å². The van der Waals surface area contributed by atoms with Crippen LogP contribution < -0.4 is 0 Å². The molecular formula is C9H16O6S. The molecule has 0 fully saturated rings. The summed E-state index contributed by atoms with van der Waals surface area (Å²) >= 11 is 0. The van der Waals surface area contributed by atoms with Gasteiger partial charge in [0, 0.05) is 13.8 Å². The summed E-state index contributed by atoms with van der Waals surface area (Å²) in [5, 5.41) is 9.05. The van der Waals surface area contributed by atoms with Crippen LogP contribution in [0.4, 0.5) is 0 Å². The van der Waals surface area contributed by atoms with Gasteiger partial charge in [0.2, 0.25) is 5.79 Å². The SMILES string of the molecule is C[C@@H](OS(C)(=O)=O)C1=C(CO)OC(C)(C)O1. The summed E-state index contributed by atoms with van der Waals surface area (Å²) in [7, 11) is -3.58. The predicted molar refractivity (Wildman–Crippen MR) is 55.8 cm³/mol. The molecule has 0 amide bonds. The maximum atomic E-state index is 11.0. The molecule has 1 rings (SSSR count). The molecule has 0 unspecified atom stereocenters. The third-order valence-electron chi connectivity index (χ3n) is 1.83. The number of aliphatic hydroxyl groups excluding tert-OH is 1. The second kappa shape index (κ2) is 4.23. The third kappa shape index (κ3) is 3.36. The first-order valence-corrected chi connectivity index (χ1v) is 6.56. The van der Waals surface area contributed by atoms with Gasteiger partial charge in [0.1, 0.15) is 12.7 Å². The minimum atomic E-state index is -3.58. The van der Waals surface area contributed by atoms with Crippen LogP contribution in [0.3, 0.4) is 0 Å². The third-order valence-corrected chi connectivity index (χ3v) is 2.47. The van der Waals surface area contributed by atoms with Gasteiger partial charge < -0.3 is 14.6 Å². The molecule has 0 saturated carbocycles. The lowest BCUT2D eigenvalue weighted by atomic mass is 10.3. The van der Waals surface area contributed by atoms with E-state index in [-0.39, 0.29) is 18.1 Å². The quantitative estimate of drug-likeness (QED) is 0.726. The predicted octanol–water partition coefficient (Wildman–Crippen LogP) is 0.338. The molecule has 1 N–H and O–H groups in total. The Hall–Kier alpha value is -0.790. The van der Waals surface area contributed by atoms with Crippen LogP contribution in [-0.2, 0) is 23.8 Å². The van der Waals surface area contributed by atoms with Gasteiger partial charge in [0.05, 0.1) is 6.26 Å². The molecule has 0 spiro atoms. The molecule has 16 heavy (non-hydrogen) atoms. The van der Waals surface area contributed by atoms with Gasteiger partial charge in [-0.2, -0.15) is 8.42 Å². The molecule has 6 nitrogen and oxygen atoms in total. The molecule has 94 valence electrons. The second-order valence-corrected chi connectivity index (χ2v) is 5.59. The zero-order chi connectivity index (χ0) is 12.6. The second-order valence-electron chi connectivity index (χ2n) is 3.99. The van der Waals surface area contributed by atoms with Gasteiger partial charge in [0.25, 0.3) is 10.1 Å². The van der Waals surface area contributed by atoms with Crippen molar-refractivity contribution in [2.24, 2.45) is 0 Å². The van der Waals surface area contributed by atoms with E-state index in [1.807, 2.05) is 0 Å². The molecule has 0 aromatic rings. The van der Waals surface area contributed by atoms with Crippen LogP contribution in [0, 0.1) is 0 Å². The average molecular weight is 252 g/mol. The van der Waals surface area contributed by atoms with Gasteiger partial charge >= 0.3 is 0 Å². The highest BCUT2D eigenvalue weighted by Gasteiger charge is 2.37. The van der Waals surface area contributed by atoms with E-state index in [1.54, 1.807) is 13.8 Å². The monoisotopic (exact) mass is 252 g/mol. The normalized spacial score (nSPS) is 21.6. The van der Waals surface area contributed by atoms with Crippen molar-refractivity contribution in [1.82, 2.24) is 0 Å². The van der Waals surface area contributed by atoms with Crippen LogP contribution in [0.5, 0.6) is 0 Å². The topological polar surface area (TPSA) is 82.1 Å². The maximum absolute atomic E-state index is 11.0. The smallest absolute Gasteiger partial charge is 0.265 e. The lowest BCUT2D eigenvalue weighted by Crippen LogP contribution is -2.24. The van der Waals surface area contributed by atoms with E-state index in [0.29, 0.717) is 0 Å². The summed E-state index contributed by atoms with van der Waals surface area (Å²) in [6.07, 6.45) is 0.128. The Balaban J connectivity index is 2.86. The van der Waals surface area contributed by atoms with Gasteiger partial charge in [-0.25, -0.2) is 0 Å². The summed E-state index contributed by atoms with van der Waals surface area (Å²) in [6, 6.07) is 0. The Kier molecular flexibility index (Phi) is 3.51. The maximum Gasteiger partial charge on any atom is 0.265 e.